The number of halogens is 4. The Hall–Kier alpha value is -4.15. The average Bonchev–Trinajstić information content (AvgIpc) is 2.96. The van der Waals surface area contributed by atoms with Gasteiger partial charge in [-0.15, -0.1) is 0 Å². The highest BCUT2D eigenvalue weighted by Gasteiger charge is 2.43. The predicted octanol–water partition coefficient (Wildman–Crippen LogP) is 6.55. The minimum Gasteiger partial charge on any atom is -0.497 e. The van der Waals surface area contributed by atoms with Crippen molar-refractivity contribution in [3.05, 3.63) is 77.6 Å². The van der Waals surface area contributed by atoms with E-state index in [1.807, 2.05) is 24.3 Å². The molecule has 0 spiro atoms. The highest BCUT2D eigenvalue weighted by molar-refractivity contribution is 5.74. The summed E-state index contributed by atoms with van der Waals surface area (Å²) in [7, 11) is 2.95. The number of hydrogen-bond acceptors (Lipinski definition) is 6. The van der Waals surface area contributed by atoms with Crippen LogP contribution in [0.1, 0.15) is 36.4 Å². The first-order valence-corrected chi connectivity index (χ1v) is 13.3. The van der Waals surface area contributed by atoms with Crippen molar-refractivity contribution in [1.29, 1.82) is 0 Å². The topological polar surface area (TPSA) is 74.3 Å². The van der Waals surface area contributed by atoms with Gasteiger partial charge in [0, 0.05) is 36.3 Å². The van der Waals surface area contributed by atoms with Crippen molar-refractivity contribution in [2.45, 2.75) is 37.6 Å². The van der Waals surface area contributed by atoms with Crippen LogP contribution < -0.4 is 24.6 Å². The highest BCUT2D eigenvalue weighted by atomic mass is 19.4. The maximum absolute atomic E-state index is 15.2. The van der Waals surface area contributed by atoms with E-state index in [-0.39, 0.29) is 23.0 Å². The number of alkyl halides is 3. The normalized spacial score (nSPS) is 19.4. The number of carboxylic acid groups (broad SMARTS) is 1. The summed E-state index contributed by atoms with van der Waals surface area (Å²) in [5.74, 6) is -0.971. The quantitative estimate of drug-likeness (QED) is 0.311. The summed E-state index contributed by atoms with van der Waals surface area (Å²) in [6.45, 7) is 1.27. The molecule has 0 aromatic heterocycles. The number of piperidine rings is 1. The van der Waals surface area contributed by atoms with Crippen molar-refractivity contribution in [2.24, 2.45) is 5.92 Å². The van der Waals surface area contributed by atoms with Crippen LogP contribution in [0.3, 0.4) is 0 Å². The Bertz CT molecular complexity index is 1410. The van der Waals surface area contributed by atoms with E-state index >= 15 is 4.39 Å². The Kier molecular flexibility index (Phi) is 7.88. The second-order valence-electron chi connectivity index (χ2n) is 10.2. The molecule has 218 valence electrons. The molecule has 2 aliphatic rings. The van der Waals surface area contributed by atoms with E-state index in [1.165, 1.54) is 25.3 Å². The lowest BCUT2D eigenvalue weighted by Gasteiger charge is -2.50. The van der Waals surface area contributed by atoms with Crippen molar-refractivity contribution in [1.82, 2.24) is 0 Å². The van der Waals surface area contributed by atoms with Crippen LogP contribution in [0.5, 0.6) is 11.5 Å². The molecule has 7 nitrogen and oxygen atoms in total. The number of anilines is 3. The lowest BCUT2D eigenvalue weighted by molar-refractivity contribution is -0.138. The molecule has 1 fully saturated rings. The van der Waals surface area contributed by atoms with E-state index in [9.17, 15) is 23.1 Å². The monoisotopic (exact) mass is 573 g/mol. The zero-order valence-corrected chi connectivity index (χ0v) is 22.6. The number of benzene rings is 3. The van der Waals surface area contributed by atoms with Crippen molar-refractivity contribution >= 4 is 23.0 Å². The maximum Gasteiger partial charge on any atom is 0.416 e. The molecule has 2 atom stereocenters. The molecule has 0 bridgehead atoms. The van der Waals surface area contributed by atoms with Gasteiger partial charge in [0.2, 0.25) is 0 Å². The van der Waals surface area contributed by atoms with Gasteiger partial charge in [-0.05, 0) is 49.2 Å². The smallest absolute Gasteiger partial charge is 0.416 e. The number of carboxylic acids is 1. The van der Waals surface area contributed by atoms with E-state index in [2.05, 4.69) is 10.2 Å². The fourth-order valence-electron chi connectivity index (χ4n) is 5.92. The van der Waals surface area contributed by atoms with Gasteiger partial charge in [0.05, 0.1) is 43.6 Å². The third-order valence-electron chi connectivity index (χ3n) is 7.89. The Morgan fingerprint density at radius 2 is 1.76 bits per heavy atom. The van der Waals surface area contributed by atoms with E-state index in [0.29, 0.717) is 31.5 Å². The molecule has 2 unspecified atom stereocenters. The SMILES string of the molecule is COc1cccc(N2CCC(C3Nc4c(F)cccc4C(CC(=O)O)N3c3cc(C(F)(F)F)ccc3OC)CC2)c1. The number of para-hydroxylation sites is 1. The average molecular weight is 574 g/mol. The number of nitrogens with zero attached hydrogens (tertiary/aromatic N) is 2. The molecule has 11 heteroatoms. The van der Waals surface area contributed by atoms with Gasteiger partial charge in [0.1, 0.15) is 23.5 Å². The molecule has 0 saturated carbocycles. The summed E-state index contributed by atoms with van der Waals surface area (Å²) >= 11 is 0. The molecule has 3 aromatic rings. The lowest BCUT2D eigenvalue weighted by Crippen LogP contribution is -2.54. The maximum atomic E-state index is 15.2. The predicted molar refractivity (Wildman–Crippen MR) is 147 cm³/mol. The van der Waals surface area contributed by atoms with Gasteiger partial charge in [-0.3, -0.25) is 4.79 Å². The van der Waals surface area contributed by atoms with E-state index in [0.717, 1.165) is 23.6 Å². The Morgan fingerprint density at radius 3 is 2.41 bits per heavy atom. The first-order chi connectivity index (χ1) is 19.6. The van der Waals surface area contributed by atoms with Gasteiger partial charge in [0.25, 0.3) is 0 Å². The molecule has 2 aliphatic heterocycles. The summed E-state index contributed by atoms with van der Waals surface area (Å²) in [5, 5.41) is 13.1. The molecule has 0 aliphatic carbocycles. The molecule has 41 heavy (non-hydrogen) atoms. The number of rotatable bonds is 7. The number of fused-ring (bicyclic) bond motifs is 1. The van der Waals surface area contributed by atoms with Crippen LogP contribution in [-0.4, -0.2) is 44.6 Å². The lowest BCUT2D eigenvalue weighted by atomic mass is 9.86. The van der Waals surface area contributed by atoms with Crippen LogP contribution in [0.4, 0.5) is 34.6 Å². The third kappa shape index (κ3) is 5.71. The number of methoxy groups -OCH3 is 2. The van der Waals surface area contributed by atoms with Crippen molar-refractivity contribution in [3.8, 4) is 11.5 Å². The summed E-state index contributed by atoms with van der Waals surface area (Å²) in [6.07, 6.45) is -4.54. The number of carbonyl (C=O) groups is 1. The zero-order chi connectivity index (χ0) is 29.3. The number of nitrogens with one attached hydrogen (secondary N) is 1. The molecular formula is C30H31F4N3O4. The van der Waals surface area contributed by atoms with Gasteiger partial charge in [-0.2, -0.15) is 13.2 Å². The van der Waals surface area contributed by atoms with Gasteiger partial charge < -0.3 is 29.7 Å². The first-order valence-electron chi connectivity index (χ1n) is 13.3. The highest BCUT2D eigenvalue weighted by Crippen LogP contribution is 2.48. The molecule has 5 rings (SSSR count). The van der Waals surface area contributed by atoms with Crippen molar-refractivity contribution in [3.63, 3.8) is 0 Å². The van der Waals surface area contributed by atoms with Crippen LogP contribution in [0.15, 0.2) is 60.7 Å². The Labute approximate surface area is 235 Å². The van der Waals surface area contributed by atoms with Gasteiger partial charge in [-0.1, -0.05) is 18.2 Å². The van der Waals surface area contributed by atoms with Crippen molar-refractivity contribution < 1.29 is 36.9 Å². The summed E-state index contributed by atoms with van der Waals surface area (Å²) < 4.78 is 67.5. The van der Waals surface area contributed by atoms with E-state index in [4.69, 9.17) is 9.47 Å². The third-order valence-corrected chi connectivity index (χ3v) is 7.89. The van der Waals surface area contributed by atoms with Gasteiger partial charge in [-0.25, -0.2) is 4.39 Å². The number of hydrogen-bond donors (Lipinski definition) is 2. The summed E-state index contributed by atoms with van der Waals surface area (Å²) in [6, 6.07) is 14.2. The zero-order valence-electron chi connectivity index (χ0n) is 22.6. The van der Waals surface area contributed by atoms with Crippen molar-refractivity contribution in [2.75, 3.05) is 42.4 Å². The second-order valence-corrected chi connectivity index (χ2v) is 10.2. The van der Waals surface area contributed by atoms with E-state index in [1.54, 1.807) is 18.1 Å². The molecule has 1 saturated heterocycles. The van der Waals surface area contributed by atoms with Crippen LogP contribution in [-0.2, 0) is 11.0 Å². The second kappa shape index (κ2) is 11.4. The molecule has 0 amide bonds. The molecule has 2 N–H and O–H groups in total. The summed E-state index contributed by atoms with van der Waals surface area (Å²) in [5.41, 5.74) is 0.712. The van der Waals surface area contributed by atoms with Gasteiger partial charge in [0.15, 0.2) is 0 Å². The standard InChI is InChI=1S/C30H31F4N3O4/c1-40-21-6-3-5-20(16-21)36-13-11-18(12-14-36)29-35-28-22(7-4-8-23(28)31)24(17-27(38)39)37(29)25-15-19(30(32,33)34)9-10-26(25)41-2/h3-10,15-16,18,24,29,35H,11-14,17H2,1-2H3,(H,38,39). The van der Waals surface area contributed by atoms with Crippen LogP contribution in [0.25, 0.3) is 0 Å². The van der Waals surface area contributed by atoms with Gasteiger partial charge >= 0.3 is 12.1 Å². The van der Waals surface area contributed by atoms with Crippen LogP contribution >= 0.6 is 0 Å². The molecule has 0 radical (unpaired) electrons. The Balaban J connectivity index is 1.57. The fraction of sp³-hybridized carbons (Fsp3) is 0.367. The molecular weight excluding hydrogens is 542 g/mol. The first kappa shape index (κ1) is 28.4. The summed E-state index contributed by atoms with van der Waals surface area (Å²) in [4.78, 5) is 15.9. The minimum atomic E-state index is -4.63. The van der Waals surface area contributed by atoms with Crippen LogP contribution in [0, 0.1) is 11.7 Å². The van der Waals surface area contributed by atoms with E-state index < -0.39 is 42.2 Å². The fourth-order valence-corrected chi connectivity index (χ4v) is 5.92. The Morgan fingerprint density at radius 1 is 1.02 bits per heavy atom. The minimum absolute atomic E-state index is 0.0937. The number of aliphatic carboxylic acids is 1. The molecule has 2 heterocycles. The van der Waals surface area contributed by atoms with Crippen LogP contribution in [0.2, 0.25) is 0 Å². The molecule has 3 aromatic carbocycles. The largest absolute Gasteiger partial charge is 0.497 e. The number of ether oxygens (including phenoxy) is 2.